The third kappa shape index (κ3) is 5.86. The highest BCUT2D eigenvalue weighted by molar-refractivity contribution is 4.94. The monoisotopic (exact) mass is 227 g/mol. The molecule has 0 heterocycles. The quantitative estimate of drug-likeness (QED) is 0.579. The van der Waals surface area contributed by atoms with Gasteiger partial charge in [0.05, 0.1) is 0 Å². The highest BCUT2D eigenvalue weighted by atomic mass is 16.5. The topological polar surface area (TPSA) is 21.3 Å². The number of ether oxygens (including phenoxy) is 1. The summed E-state index contributed by atoms with van der Waals surface area (Å²) < 4.78 is 5.70. The Kier molecular flexibility index (Phi) is 6.37. The highest BCUT2D eigenvalue weighted by Crippen LogP contribution is 2.48. The first-order valence-electron chi connectivity index (χ1n) is 6.97. The smallest absolute Gasteiger partial charge is 0.0471 e. The number of rotatable bonds is 10. The molecule has 0 amide bonds. The van der Waals surface area contributed by atoms with Crippen molar-refractivity contribution in [3.63, 3.8) is 0 Å². The summed E-state index contributed by atoms with van der Waals surface area (Å²) in [5.74, 6) is 0.765. The van der Waals surface area contributed by atoms with Gasteiger partial charge in [0.15, 0.2) is 0 Å². The second kappa shape index (κ2) is 7.29. The SMILES string of the molecule is CCCNCC1(CCOCCC(C)C)CC1. The second-order valence-corrected chi connectivity index (χ2v) is 5.72. The Labute approximate surface area is 101 Å². The standard InChI is InChI=1S/C14H29NO/c1-4-9-15-12-14(6-7-14)8-11-16-10-5-13(2)3/h13,15H,4-12H2,1-3H3. The molecule has 0 aliphatic heterocycles. The van der Waals surface area contributed by atoms with Gasteiger partial charge in [0.2, 0.25) is 0 Å². The van der Waals surface area contributed by atoms with Crippen molar-refractivity contribution in [2.24, 2.45) is 11.3 Å². The molecule has 0 radical (unpaired) electrons. The summed E-state index contributed by atoms with van der Waals surface area (Å²) in [6.07, 6.45) is 6.48. The molecular weight excluding hydrogens is 198 g/mol. The van der Waals surface area contributed by atoms with E-state index in [4.69, 9.17) is 4.74 Å². The highest BCUT2D eigenvalue weighted by Gasteiger charge is 2.41. The van der Waals surface area contributed by atoms with Gasteiger partial charge < -0.3 is 10.1 Å². The molecular formula is C14H29NO. The van der Waals surface area contributed by atoms with Crippen molar-refractivity contribution < 1.29 is 4.74 Å². The molecule has 1 aliphatic carbocycles. The van der Waals surface area contributed by atoms with Crippen LogP contribution in [-0.4, -0.2) is 26.3 Å². The Morgan fingerprint density at radius 1 is 1.25 bits per heavy atom. The third-order valence-corrected chi connectivity index (χ3v) is 3.50. The van der Waals surface area contributed by atoms with Crippen LogP contribution in [0.3, 0.4) is 0 Å². The first-order valence-corrected chi connectivity index (χ1v) is 6.97. The molecule has 1 aliphatic rings. The summed E-state index contributed by atoms with van der Waals surface area (Å²) in [4.78, 5) is 0. The fourth-order valence-corrected chi connectivity index (χ4v) is 1.93. The van der Waals surface area contributed by atoms with Gasteiger partial charge >= 0.3 is 0 Å². The van der Waals surface area contributed by atoms with Crippen molar-refractivity contribution in [3.8, 4) is 0 Å². The summed E-state index contributed by atoms with van der Waals surface area (Å²) in [6, 6.07) is 0. The van der Waals surface area contributed by atoms with E-state index >= 15 is 0 Å². The predicted molar refractivity (Wildman–Crippen MR) is 69.7 cm³/mol. The first kappa shape index (κ1) is 14.0. The molecule has 0 saturated heterocycles. The van der Waals surface area contributed by atoms with Gasteiger partial charge in [0.25, 0.3) is 0 Å². The lowest BCUT2D eigenvalue weighted by molar-refractivity contribution is 0.107. The summed E-state index contributed by atoms with van der Waals surface area (Å²) >= 11 is 0. The van der Waals surface area contributed by atoms with E-state index in [1.165, 1.54) is 38.6 Å². The minimum Gasteiger partial charge on any atom is -0.381 e. The Hall–Kier alpha value is -0.0800. The molecule has 2 heteroatoms. The van der Waals surface area contributed by atoms with E-state index in [0.717, 1.165) is 25.7 Å². The van der Waals surface area contributed by atoms with Crippen LogP contribution in [0.15, 0.2) is 0 Å². The fraction of sp³-hybridized carbons (Fsp3) is 1.00. The molecule has 1 fully saturated rings. The molecule has 0 spiro atoms. The van der Waals surface area contributed by atoms with Crippen LogP contribution in [0.25, 0.3) is 0 Å². The van der Waals surface area contributed by atoms with Crippen molar-refractivity contribution in [1.82, 2.24) is 5.32 Å². The van der Waals surface area contributed by atoms with Crippen LogP contribution in [-0.2, 0) is 4.74 Å². The molecule has 0 aromatic heterocycles. The fourth-order valence-electron chi connectivity index (χ4n) is 1.93. The molecule has 0 aromatic rings. The average Bonchev–Trinajstić information content (AvgIpc) is 2.98. The largest absolute Gasteiger partial charge is 0.381 e. The maximum atomic E-state index is 5.70. The van der Waals surface area contributed by atoms with Crippen molar-refractivity contribution in [3.05, 3.63) is 0 Å². The van der Waals surface area contributed by atoms with Crippen LogP contribution in [0.2, 0.25) is 0 Å². The van der Waals surface area contributed by atoms with Crippen LogP contribution in [0.4, 0.5) is 0 Å². The Bertz CT molecular complexity index is 176. The molecule has 0 atom stereocenters. The summed E-state index contributed by atoms with van der Waals surface area (Å²) in [5, 5.41) is 3.54. The van der Waals surface area contributed by atoms with Crippen molar-refractivity contribution in [2.75, 3.05) is 26.3 Å². The van der Waals surface area contributed by atoms with Gasteiger partial charge in [0, 0.05) is 19.8 Å². The number of hydrogen-bond acceptors (Lipinski definition) is 2. The van der Waals surface area contributed by atoms with Gasteiger partial charge in [0.1, 0.15) is 0 Å². The van der Waals surface area contributed by atoms with Crippen molar-refractivity contribution >= 4 is 0 Å². The van der Waals surface area contributed by atoms with E-state index in [1.54, 1.807) is 0 Å². The summed E-state index contributed by atoms with van der Waals surface area (Å²) in [5.41, 5.74) is 0.604. The van der Waals surface area contributed by atoms with E-state index in [2.05, 4.69) is 26.1 Å². The normalized spacial score (nSPS) is 18.0. The number of nitrogens with one attached hydrogen (secondary N) is 1. The Morgan fingerprint density at radius 3 is 2.56 bits per heavy atom. The lowest BCUT2D eigenvalue weighted by atomic mass is 10.0. The van der Waals surface area contributed by atoms with E-state index in [1.807, 2.05) is 0 Å². The van der Waals surface area contributed by atoms with Gasteiger partial charge in [-0.3, -0.25) is 0 Å². The molecule has 1 N–H and O–H groups in total. The minimum atomic E-state index is 0.604. The van der Waals surface area contributed by atoms with Crippen LogP contribution in [0.5, 0.6) is 0 Å². The zero-order chi connectivity index (χ0) is 11.9. The lowest BCUT2D eigenvalue weighted by Crippen LogP contribution is -2.25. The van der Waals surface area contributed by atoms with Crippen LogP contribution in [0, 0.1) is 11.3 Å². The lowest BCUT2D eigenvalue weighted by Gasteiger charge is -2.16. The summed E-state index contributed by atoms with van der Waals surface area (Å²) in [7, 11) is 0. The average molecular weight is 227 g/mol. The third-order valence-electron chi connectivity index (χ3n) is 3.50. The molecule has 0 aromatic carbocycles. The predicted octanol–water partition coefficient (Wildman–Crippen LogP) is 3.22. The van der Waals surface area contributed by atoms with Crippen molar-refractivity contribution in [1.29, 1.82) is 0 Å². The van der Waals surface area contributed by atoms with E-state index in [0.29, 0.717) is 5.41 Å². The number of hydrogen-bond donors (Lipinski definition) is 1. The molecule has 1 saturated carbocycles. The van der Waals surface area contributed by atoms with Gasteiger partial charge in [-0.1, -0.05) is 20.8 Å². The molecule has 96 valence electrons. The molecule has 0 bridgehead atoms. The summed E-state index contributed by atoms with van der Waals surface area (Å²) in [6.45, 7) is 11.0. The molecule has 0 unspecified atom stereocenters. The second-order valence-electron chi connectivity index (χ2n) is 5.72. The van der Waals surface area contributed by atoms with Gasteiger partial charge in [-0.25, -0.2) is 0 Å². The van der Waals surface area contributed by atoms with Crippen molar-refractivity contribution in [2.45, 2.75) is 52.9 Å². The maximum absolute atomic E-state index is 5.70. The molecule has 16 heavy (non-hydrogen) atoms. The Balaban J connectivity index is 1.95. The Morgan fingerprint density at radius 2 is 2.00 bits per heavy atom. The minimum absolute atomic E-state index is 0.604. The van der Waals surface area contributed by atoms with Gasteiger partial charge in [-0.05, 0) is 50.0 Å². The first-order chi connectivity index (χ1) is 7.68. The van der Waals surface area contributed by atoms with E-state index in [9.17, 15) is 0 Å². The zero-order valence-electron chi connectivity index (χ0n) is 11.3. The van der Waals surface area contributed by atoms with Crippen LogP contribution >= 0.6 is 0 Å². The van der Waals surface area contributed by atoms with Crippen LogP contribution < -0.4 is 5.32 Å². The van der Waals surface area contributed by atoms with Crippen LogP contribution in [0.1, 0.15) is 52.9 Å². The maximum Gasteiger partial charge on any atom is 0.0471 e. The van der Waals surface area contributed by atoms with E-state index < -0.39 is 0 Å². The van der Waals surface area contributed by atoms with Gasteiger partial charge in [-0.15, -0.1) is 0 Å². The zero-order valence-corrected chi connectivity index (χ0v) is 11.3. The van der Waals surface area contributed by atoms with Gasteiger partial charge in [-0.2, -0.15) is 0 Å². The molecule has 1 rings (SSSR count). The van der Waals surface area contributed by atoms with E-state index in [-0.39, 0.29) is 0 Å². The molecule has 2 nitrogen and oxygen atoms in total.